The largest absolute Gasteiger partial charge is 0.355 e. The van der Waals surface area contributed by atoms with E-state index in [-0.39, 0.29) is 17.7 Å². The van der Waals surface area contributed by atoms with Crippen LogP contribution in [0, 0.1) is 12.3 Å². The van der Waals surface area contributed by atoms with E-state index in [0.717, 1.165) is 25.1 Å². The van der Waals surface area contributed by atoms with Gasteiger partial charge in [-0.2, -0.15) is 0 Å². The van der Waals surface area contributed by atoms with E-state index in [4.69, 9.17) is 4.52 Å². The topological polar surface area (TPSA) is 88.3 Å². The molecule has 0 aromatic carbocycles. The van der Waals surface area contributed by atoms with Crippen molar-refractivity contribution in [2.75, 3.05) is 20.1 Å². The molecule has 1 aliphatic rings. The SMILES string of the molecule is CNC(=O)c1cc(C)nc2onc(C3CCCN(C(=O)C(C)(C)C)C3)c12. The van der Waals surface area contributed by atoms with Crippen molar-refractivity contribution in [2.45, 2.75) is 46.5 Å². The summed E-state index contributed by atoms with van der Waals surface area (Å²) < 4.78 is 5.44. The molecule has 1 unspecified atom stereocenters. The minimum absolute atomic E-state index is 0.0317. The number of amides is 2. The number of likely N-dealkylation sites (tertiary alicyclic amines) is 1. The van der Waals surface area contributed by atoms with Crippen LogP contribution >= 0.6 is 0 Å². The highest BCUT2D eigenvalue weighted by Crippen LogP contribution is 2.34. The van der Waals surface area contributed by atoms with Crippen LogP contribution in [0.5, 0.6) is 0 Å². The molecule has 1 saturated heterocycles. The van der Waals surface area contributed by atoms with Gasteiger partial charge >= 0.3 is 0 Å². The van der Waals surface area contributed by atoms with E-state index in [0.29, 0.717) is 28.9 Å². The third kappa shape index (κ3) is 3.30. The fourth-order valence-corrected chi connectivity index (χ4v) is 3.55. The fourth-order valence-electron chi connectivity index (χ4n) is 3.55. The molecular formula is C19H26N4O3. The van der Waals surface area contributed by atoms with Gasteiger partial charge in [0, 0.05) is 37.2 Å². The number of carbonyl (C=O) groups is 2. The van der Waals surface area contributed by atoms with Crippen LogP contribution in [0.4, 0.5) is 0 Å². The van der Waals surface area contributed by atoms with Gasteiger partial charge in [0.25, 0.3) is 11.6 Å². The number of pyridine rings is 1. The molecule has 1 atom stereocenters. The van der Waals surface area contributed by atoms with Crippen LogP contribution in [0.25, 0.3) is 11.1 Å². The van der Waals surface area contributed by atoms with Crippen molar-refractivity contribution in [3.8, 4) is 0 Å². The molecule has 3 heterocycles. The summed E-state index contributed by atoms with van der Waals surface area (Å²) in [6.07, 6.45) is 1.80. The van der Waals surface area contributed by atoms with Crippen LogP contribution in [-0.4, -0.2) is 47.0 Å². The van der Waals surface area contributed by atoms with Crippen LogP contribution < -0.4 is 5.32 Å². The molecule has 1 N–H and O–H groups in total. The molecule has 0 spiro atoms. The number of fused-ring (bicyclic) bond motifs is 1. The Labute approximate surface area is 153 Å². The summed E-state index contributed by atoms with van der Waals surface area (Å²) in [5.41, 5.74) is 1.90. The van der Waals surface area contributed by atoms with Crippen molar-refractivity contribution >= 4 is 22.9 Å². The molecule has 0 bridgehead atoms. The first kappa shape index (κ1) is 18.4. The number of carbonyl (C=O) groups excluding carboxylic acids is 2. The monoisotopic (exact) mass is 358 g/mol. The first-order valence-electron chi connectivity index (χ1n) is 9.00. The van der Waals surface area contributed by atoms with Gasteiger partial charge in [-0.15, -0.1) is 0 Å². The van der Waals surface area contributed by atoms with Gasteiger partial charge in [0.05, 0.1) is 16.6 Å². The first-order chi connectivity index (χ1) is 12.2. The van der Waals surface area contributed by atoms with Crippen molar-refractivity contribution in [3.05, 3.63) is 23.0 Å². The Balaban J connectivity index is 2.00. The van der Waals surface area contributed by atoms with Crippen LogP contribution in [0.2, 0.25) is 0 Å². The molecule has 1 fully saturated rings. The molecule has 2 aromatic rings. The number of aromatic nitrogens is 2. The fraction of sp³-hybridized carbons (Fsp3) is 0.579. The summed E-state index contributed by atoms with van der Waals surface area (Å²) in [4.78, 5) is 31.3. The zero-order chi connectivity index (χ0) is 19.1. The van der Waals surface area contributed by atoms with E-state index >= 15 is 0 Å². The second-order valence-electron chi connectivity index (χ2n) is 7.98. The molecule has 7 nitrogen and oxygen atoms in total. The van der Waals surface area contributed by atoms with Crippen molar-refractivity contribution in [1.82, 2.24) is 20.4 Å². The second kappa shape index (κ2) is 6.70. The summed E-state index contributed by atoms with van der Waals surface area (Å²) in [6.45, 7) is 8.95. The van der Waals surface area contributed by atoms with Crippen LogP contribution in [0.15, 0.2) is 10.6 Å². The molecule has 7 heteroatoms. The lowest BCUT2D eigenvalue weighted by Crippen LogP contribution is -2.44. The molecule has 1 aliphatic heterocycles. The zero-order valence-electron chi connectivity index (χ0n) is 16.0. The number of piperidine rings is 1. The Kier molecular flexibility index (Phi) is 4.73. The van der Waals surface area contributed by atoms with Crippen molar-refractivity contribution in [3.63, 3.8) is 0 Å². The summed E-state index contributed by atoms with van der Waals surface area (Å²) in [6, 6.07) is 1.75. The van der Waals surface area contributed by atoms with Gasteiger partial charge in [0.15, 0.2) is 0 Å². The lowest BCUT2D eigenvalue weighted by molar-refractivity contribution is -0.140. The Bertz CT molecular complexity index is 850. The number of nitrogens with zero attached hydrogens (tertiary/aromatic N) is 3. The Hall–Kier alpha value is -2.44. The van der Waals surface area contributed by atoms with Gasteiger partial charge in [-0.3, -0.25) is 9.59 Å². The first-order valence-corrected chi connectivity index (χ1v) is 9.00. The Morgan fingerprint density at radius 2 is 2.08 bits per heavy atom. The van der Waals surface area contributed by atoms with E-state index in [1.54, 1.807) is 13.1 Å². The number of hydrogen-bond donors (Lipinski definition) is 1. The normalized spacial score (nSPS) is 18.2. The smallest absolute Gasteiger partial charge is 0.259 e. The van der Waals surface area contributed by atoms with Gasteiger partial charge in [0.1, 0.15) is 0 Å². The quantitative estimate of drug-likeness (QED) is 0.891. The highest BCUT2D eigenvalue weighted by Gasteiger charge is 2.34. The van der Waals surface area contributed by atoms with Gasteiger partial charge in [-0.1, -0.05) is 25.9 Å². The Morgan fingerprint density at radius 1 is 1.35 bits per heavy atom. The van der Waals surface area contributed by atoms with Crippen LogP contribution in [0.3, 0.4) is 0 Å². The van der Waals surface area contributed by atoms with E-state index in [9.17, 15) is 9.59 Å². The predicted octanol–water partition coefficient (Wildman–Crippen LogP) is 2.64. The molecule has 0 radical (unpaired) electrons. The number of hydrogen-bond acceptors (Lipinski definition) is 5. The van der Waals surface area contributed by atoms with Crippen molar-refractivity contribution < 1.29 is 14.1 Å². The second-order valence-corrected chi connectivity index (χ2v) is 7.98. The van der Waals surface area contributed by atoms with E-state index in [2.05, 4.69) is 15.5 Å². The van der Waals surface area contributed by atoms with Gasteiger partial charge in [-0.05, 0) is 25.8 Å². The Morgan fingerprint density at radius 3 is 2.73 bits per heavy atom. The van der Waals surface area contributed by atoms with Crippen LogP contribution in [0.1, 0.15) is 61.3 Å². The highest BCUT2D eigenvalue weighted by atomic mass is 16.5. The summed E-state index contributed by atoms with van der Waals surface area (Å²) >= 11 is 0. The number of aryl methyl sites for hydroxylation is 1. The molecule has 26 heavy (non-hydrogen) atoms. The van der Waals surface area contributed by atoms with Gasteiger partial charge in [-0.25, -0.2) is 4.98 Å². The summed E-state index contributed by atoms with van der Waals surface area (Å²) in [5.74, 6) is -0.0249. The van der Waals surface area contributed by atoms with Crippen molar-refractivity contribution in [2.24, 2.45) is 5.41 Å². The minimum atomic E-state index is -0.417. The maximum atomic E-state index is 12.7. The molecule has 140 valence electrons. The molecule has 2 aromatic heterocycles. The third-order valence-electron chi connectivity index (χ3n) is 4.81. The van der Waals surface area contributed by atoms with Gasteiger partial charge < -0.3 is 14.7 Å². The van der Waals surface area contributed by atoms with Gasteiger partial charge in [0.2, 0.25) is 5.91 Å². The zero-order valence-corrected chi connectivity index (χ0v) is 16.0. The molecule has 0 saturated carbocycles. The van der Waals surface area contributed by atoms with E-state index in [1.807, 2.05) is 32.6 Å². The minimum Gasteiger partial charge on any atom is -0.355 e. The molecule has 2 amide bonds. The summed E-state index contributed by atoms with van der Waals surface area (Å²) in [5, 5.41) is 7.56. The maximum absolute atomic E-state index is 12.7. The lowest BCUT2D eigenvalue weighted by atomic mass is 9.88. The van der Waals surface area contributed by atoms with E-state index in [1.165, 1.54) is 0 Å². The highest BCUT2D eigenvalue weighted by molar-refractivity contribution is 6.06. The lowest BCUT2D eigenvalue weighted by Gasteiger charge is -2.35. The standard InChI is InChI=1S/C19H26N4O3/c1-11-9-13(16(24)20-5)14-15(22-26-17(14)21-11)12-7-6-8-23(10-12)18(25)19(2,3)4/h9,12H,6-8,10H2,1-5H3,(H,20,24). The number of rotatable bonds is 2. The van der Waals surface area contributed by atoms with Crippen molar-refractivity contribution in [1.29, 1.82) is 0 Å². The summed E-state index contributed by atoms with van der Waals surface area (Å²) in [7, 11) is 1.60. The third-order valence-corrected chi connectivity index (χ3v) is 4.81. The van der Waals surface area contributed by atoms with E-state index < -0.39 is 5.41 Å². The maximum Gasteiger partial charge on any atom is 0.259 e. The molecule has 0 aliphatic carbocycles. The number of nitrogens with one attached hydrogen (secondary N) is 1. The van der Waals surface area contributed by atoms with Crippen LogP contribution in [-0.2, 0) is 4.79 Å². The molecule has 3 rings (SSSR count). The average molecular weight is 358 g/mol. The average Bonchev–Trinajstić information content (AvgIpc) is 3.02. The molecular weight excluding hydrogens is 332 g/mol. The predicted molar refractivity (Wildman–Crippen MR) is 97.9 cm³/mol.